The zero-order valence-corrected chi connectivity index (χ0v) is 38.2. The molecule has 61 heavy (non-hydrogen) atoms. The van der Waals surface area contributed by atoms with Crippen molar-refractivity contribution in [2.45, 2.75) is 88.2 Å². The topological polar surface area (TPSA) is 120 Å². The first-order valence-corrected chi connectivity index (χ1v) is 23.4. The van der Waals surface area contributed by atoms with E-state index in [0.717, 1.165) is 128 Å². The minimum absolute atomic E-state index is 0. The van der Waals surface area contributed by atoms with Gasteiger partial charge in [-0.1, -0.05) is 12.1 Å². The number of hydrogen-bond acceptors (Lipinski definition) is 10. The Bertz CT molecular complexity index is 1800. The molecule has 3 aliphatic heterocycles. The number of rotatable bonds is 14. The average Bonchev–Trinajstić information content (AvgIpc) is 3.22. The summed E-state index contributed by atoms with van der Waals surface area (Å²) in [6, 6.07) is 15.0. The molecule has 0 bridgehead atoms. The van der Waals surface area contributed by atoms with Gasteiger partial charge in [0.15, 0.2) is 9.84 Å². The summed E-state index contributed by atoms with van der Waals surface area (Å²) in [6.45, 7) is 14.0. The van der Waals surface area contributed by atoms with E-state index in [0.29, 0.717) is 22.9 Å². The van der Waals surface area contributed by atoms with Crippen LogP contribution in [0.25, 0.3) is 0 Å². The van der Waals surface area contributed by atoms with E-state index in [9.17, 15) is 31.2 Å². The minimum Gasteiger partial charge on any atom is -0.369 e. The van der Waals surface area contributed by atoms with Gasteiger partial charge in [-0.15, -0.1) is 24.8 Å². The van der Waals surface area contributed by atoms with Gasteiger partial charge in [0.1, 0.15) is 12.2 Å². The van der Waals surface area contributed by atoms with Crippen LogP contribution in [0.15, 0.2) is 53.4 Å². The van der Waals surface area contributed by atoms with E-state index in [4.69, 9.17) is 5.26 Å². The first kappa shape index (κ1) is 52.2. The zero-order valence-electron chi connectivity index (χ0n) is 35.8. The molecule has 2 aromatic carbocycles. The molecule has 4 fully saturated rings. The molecule has 0 radical (unpaired) electrons. The molecular formula is C44H66Cl2F3N7O4S. The lowest BCUT2D eigenvalue weighted by atomic mass is 9.84. The molecule has 1 saturated carbocycles. The molecule has 17 heteroatoms. The van der Waals surface area contributed by atoms with Crippen molar-refractivity contribution in [3.63, 3.8) is 0 Å². The number of nitriles is 1. The molecule has 4 aliphatic rings. The predicted octanol–water partition coefficient (Wildman–Crippen LogP) is 6.94. The lowest BCUT2D eigenvalue weighted by Gasteiger charge is -2.37. The van der Waals surface area contributed by atoms with E-state index >= 15 is 0 Å². The number of likely N-dealkylation sites (tertiary alicyclic amines) is 1. The number of carbonyl (C=O) groups excluding carboxylic acids is 2. The Kier molecular flexibility index (Phi) is 21.6. The number of carbonyl (C=O) groups is 2. The van der Waals surface area contributed by atoms with Gasteiger partial charge in [-0.3, -0.25) is 19.4 Å². The number of piperazine rings is 2. The molecule has 1 N–H and O–H groups in total. The highest BCUT2D eigenvalue weighted by Gasteiger charge is 2.31. The summed E-state index contributed by atoms with van der Waals surface area (Å²) in [5.41, 5.74) is 1.07. The second kappa shape index (κ2) is 25.2. The second-order valence-electron chi connectivity index (χ2n) is 16.9. The Morgan fingerprint density at radius 3 is 1.70 bits per heavy atom. The van der Waals surface area contributed by atoms with E-state index in [2.05, 4.69) is 29.8 Å². The molecule has 3 saturated heterocycles. The molecular weight excluding hydrogens is 850 g/mol. The summed E-state index contributed by atoms with van der Waals surface area (Å²) in [5.74, 6) is 1.56. The van der Waals surface area contributed by atoms with Gasteiger partial charge < -0.3 is 20.0 Å². The van der Waals surface area contributed by atoms with Crippen LogP contribution in [-0.4, -0.2) is 132 Å². The van der Waals surface area contributed by atoms with Crippen molar-refractivity contribution in [3.8, 4) is 6.07 Å². The van der Waals surface area contributed by atoms with Crippen LogP contribution >= 0.6 is 24.8 Å². The van der Waals surface area contributed by atoms with E-state index in [-0.39, 0.29) is 49.0 Å². The van der Waals surface area contributed by atoms with Crippen molar-refractivity contribution < 1.29 is 31.2 Å². The fourth-order valence-electron chi connectivity index (χ4n) is 8.74. The molecule has 1 amide bonds. The molecule has 1 aliphatic carbocycles. The summed E-state index contributed by atoms with van der Waals surface area (Å²) in [5, 5.41) is 11.5. The first-order chi connectivity index (χ1) is 28.2. The van der Waals surface area contributed by atoms with Crippen LogP contribution in [0.2, 0.25) is 0 Å². The highest BCUT2D eigenvalue weighted by atomic mass is 35.5. The fourth-order valence-corrected chi connectivity index (χ4v) is 9.40. The van der Waals surface area contributed by atoms with E-state index in [1.165, 1.54) is 44.1 Å². The van der Waals surface area contributed by atoms with Gasteiger partial charge in [-0.25, -0.2) is 8.42 Å². The highest BCUT2D eigenvalue weighted by Crippen LogP contribution is 2.32. The van der Waals surface area contributed by atoms with Crippen LogP contribution in [0.5, 0.6) is 0 Å². The Morgan fingerprint density at radius 1 is 0.721 bits per heavy atom. The van der Waals surface area contributed by atoms with Crippen LogP contribution in [0.1, 0.15) is 76.7 Å². The molecule has 0 unspecified atom stereocenters. The quantitative estimate of drug-likeness (QED) is 0.214. The third kappa shape index (κ3) is 17.5. The Labute approximate surface area is 374 Å². The predicted molar refractivity (Wildman–Crippen MR) is 241 cm³/mol. The van der Waals surface area contributed by atoms with Crippen molar-refractivity contribution in [2.24, 2.45) is 11.8 Å². The number of amides is 1. The number of sulfone groups is 1. The number of halogens is 5. The number of nitrogens with zero attached hydrogens (tertiary/aromatic N) is 6. The second-order valence-corrected chi connectivity index (χ2v) is 18.9. The summed E-state index contributed by atoms with van der Waals surface area (Å²) < 4.78 is 62.4. The minimum atomic E-state index is -4.29. The maximum Gasteiger partial charge on any atom is 0.416 e. The van der Waals surface area contributed by atoms with Crippen LogP contribution in [-0.2, 0) is 25.6 Å². The van der Waals surface area contributed by atoms with Crippen molar-refractivity contribution in [1.29, 1.82) is 5.26 Å². The van der Waals surface area contributed by atoms with Gasteiger partial charge in [0, 0.05) is 89.0 Å². The van der Waals surface area contributed by atoms with Crippen LogP contribution in [0, 0.1) is 23.2 Å². The smallest absolute Gasteiger partial charge is 0.369 e. The lowest BCUT2D eigenvalue weighted by Crippen LogP contribution is -2.47. The molecule has 0 aromatic heterocycles. The number of piperidine rings is 1. The summed E-state index contributed by atoms with van der Waals surface area (Å²) >= 11 is 0. The summed E-state index contributed by atoms with van der Waals surface area (Å²) in [6.07, 6.45) is 6.60. The van der Waals surface area contributed by atoms with Gasteiger partial charge in [0.25, 0.3) is 0 Å². The van der Waals surface area contributed by atoms with E-state index < -0.39 is 21.6 Å². The van der Waals surface area contributed by atoms with Crippen molar-refractivity contribution in [1.82, 2.24) is 20.0 Å². The van der Waals surface area contributed by atoms with Crippen LogP contribution in [0.4, 0.5) is 24.5 Å². The Hall–Kier alpha value is -3.13. The molecule has 6 rings (SSSR count). The third-order valence-electron chi connectivity index (χ3n) is 12.5. The molecule has 342 valence electrons. The lowest BCUT2D eigenvalue weighted by molar-refractivity contribution is -0.137. The van der Waals surface area contributed by atoms with Crippen LogP contribution in [0.3, 0.4) is 0 Å². The number of hydrogen-bond donors (Lipinski definition) is 1. The number of ketones is 1. The summed E-state index contributed by atoms with van der Waals surface area (Å²) in [7, 11) is -3.18. The van der Waals surface area contributed by atoms with Gasteiger partial charge in [0.05, 0.1) is 16.5 Å². The molecule has 11 nitrogen and oxygen atoms in total. The number of benzene rings is 2. The number of alkyl halides is 3. The SMILES string of the molecule is CC(=O)CCN1CCC(CCN2CCN(c3cccc(C(F)(F)F)c3)CC2)CC1.CS(=O)(=O)c1cccc(N2CCN(CCC3CCC(NC(=O)CC#N)CC3)CC2)c1.Cl.Cl. The van der Waals surface area contributed by atoms with E-state index in [1.807, 2.05) is 18.2 Å². The Morgan fingerprint density at radius 2 is 1.21 bits per heavy atom. The van der Waals surface area contributed by atoms with Crippen molar-refractivity contribution in [3.05, 3.63) is 54.1 Å². The fraction of sp³-hybridized carbons (Fsp3) is 0.659. The normalized spacial score (nSPS) is 20.9. The standard InChI is InChI=1S/C22H32F3N3O.C22H32N4O3S.2ClH/c1-18(29)5-9-26-10-6-19(7-11-26)8-12-27-13-15-28(16-14-27)21-4-2-3-20(17-21)22(23,24)25;1-30(28,29)21-4-2-3-20(17-21)26-15-13-25(14-16-26)12-10-18-5-7-19(8-6-18)24-22(27)9-11-23;;/h2-4,17,19H,5-16H2,1H3;2-4,17-19H,5-10,12-16H2,1H3,(H,24,27);2*1H. The molecule has 3 heterocycles. The van der Waals surface area contributed by atoms with Crippen molar-refractivity contribution in [2.75, 3.05) is 101 Å². The van der Waals surface area contributed by atoms with Crippen LogP contribution < -0.4 is 15.1 Å². The first-order valence-electron chi connectivity index (χ1n) is 21.5. The largest absolute Gasteiger partial charge is 0.416 e. The molecule has 0 atom stereocenters. The molecule has 2 aromatic rings. The monoisotopic (exact) mass is 915 g/mol. The maximum absolute atomic E-state index is 12.9. The van der Waals surface area contributed by atoms with Gasteiger partial charge in [-0.2, -0.15) is 18.4 Å². The van der Waals surface area contributed by atoms with Gasteiger partial charge in [-0.05, 0) is 133 Å². The highest BCUT2D eigenvalue weighted by molar-refractivity contribution is 7.90. The Balaban J connectivity index is 0.000000315. The maximum atomic E-state index is 12.9. The number of Topliss-reactive ketones (excluding diaryl/α,β-unsaturated/α-hetero) is 1. The average molecular weight is 917 g/mol. The van der Waals surface area contributed by atoms with Crippen molar-refractivity contribution >= 4 is 57.7 Å². The van der Waals surface area contributed by atoms with Gasteiger partial charge in [0.2, 0.25) is 5.91 Å². The number of anilines is 2. The summed E-state index contributed by atoms with van der Waals surface area (Å²) in [4.78, 5) is 34.7. The van der Waals surface area contributed by atoms with Gasteiger partial charge >= 0.3 is 6.18 Å². The zero-order chi connectivity index (χ0) is 42.4. The molecule has 0 spiro atoms. The third-order valence-corrected chi connectivity index (χ3v) is 13.7. The number of nitrogens with one attached hydrogen (secondary N) is 1. The van der Waals surface area contributed by atoms with E-state index in [1.54, 1.807) is 25.1 Å².